The van der Waals surface area contributed by atoms with Crippen molar-refractivity contribution >= 4 is 23.2 Å². The van der Waals surface area contributed by atoms with Gasteiger partial charge in [0.1, 0.15) is 5.75 Å². The Morgan fingerprint density at radius 1 is 1.11 bits per heavy atom. The van der Waals surface area contributed by atoms with E-state index in [0.717, 1.165) is 5.56 Å². The summed E-state index contributed by atoms with van der Waals surface area (Å²) in [5.41, 5.74) is 1.78. The first-order chi connectivity index (χ1) is 18.2. The first-order valence-electron chi connectivity index (χ1n) is 11.9. The number of anilines is 1. The van der Waals surface area contributed by atoms with Gasteiger partial charge in [-0.15, -0.1) is 8.78 Å². The Balaban J connectivity index is 1.50. The number of halogens is 2. The molecule has 2 N–H and O–H groups in total. The summed E-state index contributed by atoms with van der Waals surface area (Å²) in [6, 6.07) is 12.5. The molecular formula is C27H26F2N4O5. The van der Waals surface area contributed by atoms with E-state index in [9.17, 15) is 18.4 Å². The number of nitrogens with one attached hydrogen (secondary N) is 2. The number of benzene rings is 2. The molecule has 2 amide bonds. The van der Waals surface area contributed by atoms with Crippen LogP contribution in [0.4, 0.5) is 14.5 Å². The Kier molecular flexibility index (Phi) is 7.85. The van der Waals surface area contributed by atoms with Crippen molar-refractivity contribution in [3.8, 4) is 17.2 Å². The van der Waals surface area contributed by atoms with Gasteiger partial charge in [0.05, 0.1) is 24.3 Å². The van der Waals surface area contributed by atoms with Crippen LogP contribution in [0.2, 0.25) is 0 Å². The van der Waals surface area contributed by atoms with Crippen molar-refractivity contribution in [1.29, 1.82) is 5.41 Å². The summed E-state index contributed by atoms with van der Waals surface area (Å²) < 4.78 is 41.3. The lowest BCUT2D eigenvalue weighted by Crippen LogP contribution is -2.40. The van der Waals surface area contributed by atoms with Crippen LogP contribution in [-0.2, 0) is 11.2 Å². The zero-order chi connectivity index (χ0) is 27.3. The van der Waals surface area contributed by atoms with Gasteiger partial charge in [-0.3, -0.25) is 14.6 Å². The fraction of sp³-hybridized carbons (Fsp3) is 0.259. The molecule has 0 fully saturated rings. The number of hydrogen-bond acceptors (Lipinski definition) is 7. The first-order valence-corrected chi connectivity index (χ1v) is 11.9. The Morgan fingerprint density at radius 3 is 2.61 bits per heavy atom. The molecule has 4 rings (SSSR count). The van der Waals surface area contributed by atoms with Crippen LogP contribution < -0.4 is 24.4 Å². The zero-order valence-electron chi connectivity index (χ0n) is 20.8. The highest BCUT2D eigenvalue weighted by molar-refractivity contribution is 6.12. The molecule has 11 heteroatoms. The van der Waals surface area contributed by atoms with Gasteiger partial charge in [0.15, 0.2) is 11.5 Å². The number of hydrogen-bond donors (Lipinski definition) is 2. The van der Waals surface area contributed by atoms with Crippen molar-refractivity contribution < 1.29 is 32.6 Å². The summed E-state index contributed by atoms with van der Waals surface area (Å²) in [5, 5.41) is 11.3. The van der Waals surface area contributed by atoms with Gasteiger partial charge >= 0.3 is 6.29 Å². The number of carbonyl (C=O) groups is 2. The Hall–Kier alpha value is -4.54. The van der Waals surface area contributed by atoms with Crippen molar-refractivity contribution in [2.45, 2.75) is 26.6 Å². The second-order valence-electron chi connectivity index (χ2n) is 8.25. The molecule has 1 aliphatic rings. The molecule has 0 aliphatic carbocycles. The van der Waals surface area contributed by atoms with Crippen molar-refractivity contribution in [3.05, 3.63) is 77.6 Å². The van der Waals surface area contributed by atoms with Gasteiger partial charge in [0.2, 0.25) is 5.91 Å². The SMILES string of the molecule is CCOc1cccc(C(=O)NCC(=O)N(CC)c2ccc3c(c2)OC(F)(F)O3)c1C(=N)Cc1cccnc1. The van der Waals surface area contributed by atoms with Crippen LogP contribution in [0.1, 0.15) is 35.3 Å². The van der Waals surface area contributed by atoms with Crippen molar-refractivity contribution in [1.82, 2.24) is 10.3 Å². The van der Waals surface area contributed by atoms with Gasteiger partial charge in [0.25, 0.3) is 5.91 Å². The maximum Gasteiger partial charge on any atom is 0.586 e. The van der Waals surface area contributed by atoms with Gasteiger partial charge in [-0.1, -0.05) is 12.1 Å². The van der Waals surface area contributed by atoms with Crippen LogP contribution in [0.15, 0.2) is 60.9 Å². The van der Waals surface area contributed by atoms with Gasteiger partial charge in [0, 0.05) is 42.8 Å². The van der Waals surface area contributed by atoms with Crippen LogP contribution in [0.3, 0.4) is 0 Å². The predicted octanol–water partition coefficient (Wildman–Crippen LogP) is 4.20. The Bertz CT molecular complexity index is 1350. The monoisotopic (exact) mass is 524 g/mol. The van der Waals surface area contributed by atoms with E-state index in [1.165, 1.54) is 23.1 Å². The summed E-state index contributed by atoms with van der Waals surface area (Å²) in [5.74, 6) is -0.974. The minimum Gasteiger partial charge on any atom is -0.493 e. The molecule has 0 saturated carbocycles. The maximum atomic E-state index is 13.4. The Morgan fingerprint density at radius 2 is 1.89 bits per heavy atom. The van der Waals surface area contributed by atoms with Gasteiger partial charge in [-0.25, -0.2) is 0 Å². The van der Waals surface area contributed by atoms with E-state index >= 15 is 0 Å². The molecule has 9 nitrogen and oxygen atoms in total. The van der Waals surface area contributed by atoms with Crippen LogP contribution in [0.5, 0.6) is 17.2 Å². The second-order valence-corrected chi connectivity index (χ2v) is 8.25. The average molecular weight is 525 g/mol. The second kappa shape index (κ2) is 11.2. The number of likely N-dealkylation sites (N-methyl/N-ethyl adjacent to an activating group) is 1. The molecule has 2 heterocycles. The van der Waals surface area contributed by atoms with E-state index in [0.29, 0.717) is 23.6 Å². The minimum absolute atomic E-state index is 0.133. The summed E-state index contributed by atoms with van der Waals surface area (Å²) in [7, 11) is 0. The smallest absolute Gasteiger partial charge is 0.493 e. The molecule has 0 unspecified atom stereocenters. The molecule has 1 aliphatic heterocycles. The Labute approximate surface area is 217 Å². The summed E-state index contributed by atoms with van der Waals surface area (Å²) >= 11 is 0. The molecule has 2 aromatic carbocycles. The highest BCUT2D eigenvalue weighted by Crippen LogP contribution is 2.42. The third kappa shape index (κ3) is 5.88. The topological polar surface area (TPSA) is 114 Å². The number of alkyl halides is 2. The van der Waals surface area contributed by atoms with Crippen LogP contribution >= 0.6 is 0 Å². The standard InChI is InChI=1S/C27H26F2N4O5/c1-3-33(18-10-11-21-23(14-18)38-27(28,29)37-21)24(34)16-32-26(35)19-8-5-9-22(36-4-2)25(19)20(30)13-17-7-6-12-31-15-17/h5-12,14-15,30H,3-4,13,16H2,1-2H3,(H,32,35). The van der Waals surface area contributed by atoms with E-state index in [2.05, 4.69) is 19.8 Å². The van der Waals surface area contributed by atoms with Crippen LogP contribution in [0, 0.1) is 5.41 Å². The fourth-order valence-electron chi connectivity index (χ4n) is 4.06. The highest BCUT2D eigenvalue weighted by atomic mass is 19.3. The molecule has 0 saturated heterocycles. The van der Waals surface area contributed by atoms with E-state index in [1.54, 1.807) is 50.5 Å². The molecule has 0 radical (unpaired) electrons. The lowest BCUT2D eigenvalue weighted by Gasteiger charge is -2.22. The number of rotatable bonds is 10. The van der Waals surface area contributed by atoms with E-state index < -0.39 is 18.1 Å². The summed E-state index contributed by atoms with van der Waals surface area (Å²) in [6.07, 6.45) is -0.263. The largest absolute Gasteiger partial charge is 0.586 e. The summed E-state index contributed by atoms with van der Waals surface area (Å²) in [4.78, 5) is 31.6. The van der Waals surface area contributed by atoms with Crippen molar-refractivity contribution in [3.63, 3.8) is 0 Å². The first kappa shape index (κ1) is 26.5. The zero-order valence-corrected chi connectivity index (χ0v) is 20.8. The van der Waals surface area contributed by atoms with Crippen molar-refractivity contribution in [2.24, 2.45) is 0 Å². The molecule has 0 atom stereocenters. The minimum atomic E-state index is -3.77. The number of fused-ring (bicyclic) bond motifs is 1. The molecule has 1 aromatic heterocycles. The number of nitrogens with zero attached hydrogens (tertiary/aromatic N) is 2. The van der Waals surface area contributed by atoms with Crippen molar-refractivity contribution in [2.75, 3.05) is 24.6 Å². The molecule has 38 heavy (non-hydrogen) atoms. The van der Waals surface area contributed by atoms with E-state index in [-0.39, 0.29) is 42.3 Å². The fourth-order valence-corrected chi connectivity index (χ4v) is 4.06. The van der Waals surface area contributed by atoms with E-state index in [4.69, 9.17) is 10.1 Å². The van der Waals surface area contributed by atoms with Gasteiger partial charge in [-0.2, -0.15) is 0 Å². The number of ether oxygens (including phenoxy) is 3. The molecule has 0 spiro atoms. The molecular weight excluding hydrogens is 498 g/mol. The third-order valence-corrected chi connectivity index (χ3v) is 5.69. The normalized spacial score (nSPS) is 13.1. The number of pyridine rings is 1. The maximum absolute atomic E-state index is 13.4. The molecule has 198 valence electrons. The lowest BCUT2D eigenvalue weighted by atomic mass is 9.96. The molecule has 3 aromatic rings. The lowest BCUT2D eigenvalue weighted by molar-refractivity contribution is -0.286. The highest BCUT2D eigenvalue weighted by Gasteiger charge is 2.43. The number of aromatic nitrogens is 1. The van der Waals surface area contributed by atoms with Gasteiger partial charge in [-0.05, 0) is 49.7 Å². The molecule has 0 bridgehead atoms. The van der Waals surface area contributed by atoms with Crippen LogP contribution in [-0.4, -0.2) is 48.5 Å². The predicted molar refractivity (Wildman–Crippen MR) is 135 cm³/mol. The number of amides is 2. The van der Waals surface area contributed by atoms with Crippen LogP contribution in [0.25, 0.3) is 0 Å². The average Bonchev–Trinajstić information content (AvgIpc) is 3.21. The number of carbonyl (C=O) groups excluding carboxylic acids is 2. The van der Waals surface area contributed by atoms with E-state index in [1.807, 2.05) is 6.07 Å². The van der Waals surface area contributed by atoms with Gasteiger partial charge < -0.3 is 29.8 Å². The summed E-state index contributed by atoms with van der Waals surface area (Å²) in [6.45, 7) is 3.69. The third-order valence-electron chi connectivity index (χ3n) is 5.69. The quantitative estimate of drug-likeness (QED) is 0.385.